The SMILES string of the molecule is CNC(=O)C1(C)CCN(C2CS(=O)(=O)CC2N)C1. The maximum absolute atomic E-state index is 11.8. The molecule has 0 bridgehead atoms. The minimum Gasteiger partial charge on any atom is -0.359 e. The molecule has 2 aliphatic rings. The molecule has 0 aromatic rings. The maximum Gasteiger partial charge on any atom is 0.227 e. The first kappa shape index (κ1) is 13.8. The normalized spacial score (nSPS) is 39.9. The van der Waals surface area contributed by atoms with E-state index < -0.39 is 15.3 Å². The van der Waals surface area contributed by atoms with Crippen LogP contribution >= 0.6 is 0 Å². The summed E-state index contributed by atoms with van der Waals surface area (Å²) in [5, 5.41) is 2.67. The highest BCUT2D eigenvalue weighted by Crippen LogP contribution is 2.33. The van der Waals surface area contributed by atoms with Crippen molar-refractivity contribution in [1.29, 1.82) is 0 Å². The summed E-state index contributed by atoms with van der Waals surface area (Å²) in [7, 11) is -1.39. The van der Waals surface area contributed by atoms with E-state index in [1.807, 2.05) is 6.92 Å². The number of nitrogens with one attached hydrogen (secondary N) is 1. The van der Waals surface area contributed by atoms with Crippen LogP contribution in [0.4, 0.5) is 0 Å². The molecule has 0 aromatic heterocycles. The number of nitrogens with zero attached hydrogens (tertiary/aromatic N) is 1. The molecule has 0 saturated carbocycles. The Balaban J connectivity index is 2.08. The van der Waals surface area contributed by atoms with Crippen LogP contribution in [0.15, 0.2) is 0 Å². The van der Waals surface area contributed by atoms with E-state index in [0.29, 0.717) is 6.54 Å². The zero-order valence-electron chi connectivity index (χ0n) is 10.8. The van der Waals surface area contributed by atoms with Crippen molar-refractivity contribution in [2.45, 2.75) is 25.4 Å². The van der Waals surface area contributed by atoms with Crippen LogP contribution in [0.1, 0.15) is 13.3 Å². The van der Waals surface area contributed by atoms with E-state index in [9.17, 15) is 13.2 Å². The van der Waals surface area contributed by atoms with Crippen molar-refractivity contribution in [1.82, 2.24) is 10.2 Å². The molecule has 18 heavy (non-hydrogen) atoms. The average molecular weight is 275 g/mol. The first-order valence-electron chi connectivity index (χ1n) is 6.20. The molecule has 0 aliphatic carbocycles. The van der Waals surface area contributed by atoms with Gasteiger partial charge in [0, 0.05) is 25.7 Å². The maximum atomic E-state index is 11.8. The summed E-state index contributed by atoms with van der Waals surface area (Å²) in [6.45, 7) is 3.24. The lowest BCUT2D eigenvalue weighted by atomic mass is 9.89. The van der Waals surface area contributed by atoms with Crippen LogP contribution in [0.25, 0.3) is 0 Å². The minimum absolute atomic E-state index is 0.0134. The van der Waals surface area contributed by atoms with Gasteiger partial charge in [0.05, 0.1) is 16.9 Å². The van der Waals surface area contributed by atoms with Crippen LogP contribution in [-0.4, -0.2) is 63.0 Å². The number of hydrogen-bond donors (Lipinski definition) is 2. The summed E-state index contributed by atoms with van der Waals surface area (Å²) in [5.74, 6) is 0.197. The summed E-state index contributed by atoms with van der Waals surface area (Å²) >= 11 is 0. The van der Waals surface area contributed by atoms with E-state index in [1.54, 1.807) is 7.05 Å². The molecule has 3 unspecified atom stereocenters. The van der Waals surface area contributed by atoms with Crippen LogP contribution < -0.4 is 11.1 Å². The van der Waals surface area contributed by atoms with Crippen molar-refractivity contribution in [2.24, 2.45) is 11.1 Å². The number of rotatable bonds is 2. The largest absolute Gasteiger partial charge is 0.359 e. The number of carbonyl (C=O) groups is 1. The smallest absolute Gasteiger partial charge is 0.227 e. The van der Waals surface area contributed by atoms with Gasteiger partial charge in [-0.25, -0.2) is 8.42 Å². The molecule has 2 fully saturated rings. The van der Waals surface area contributed by atoms with Crippen molar-refractivity contribution in [2.75, 3.05) is 31.6 Å². The van der Waals surface area contributed by atoms with Gasteiger partial charge in [0.1, 0.15) is 0 Å². The Morgan fingerprint density at radius 3 is 2.61 bits per heavy atom. The lowest BCUT2D eigenvalue weighted by molar-refractivity contribution is -0.129. The predicted octanol–water partition coefficient (Wildman–Crippen LogP) is -1.43. The van der Waals surface area contributed by atoms with Gasteiger partial charge in [-0.1, -0.05) is 0 Å². The van der Waals surface area contributed by atoms with Crippen LogP contribution in [0.3, 0.4) is 0 Å². The fourth-order valence-corrected chi connectivity index (χ4v) is 4.92. The van der Waals surface area contributed by atoms with Gasteiger partial charge in [0.2, 0.25) is 5.91 Å². The Hall–Kier alpha value is -0.660. The van der Waals surface area contributed by atoms with E-state index in [2.05, 4.69) is 10.2 Å². The van der Waals surface area contributed by atoms with E-state index in [4.69, 9.17) is 5.73 Å². The van der Waals surface area contributed by atoms with Gasteiger partial charge in [0.15, 0.2) is 9.84 Å². The number of carbonyl (C=O) groups excluding carboxylic acids is 1. The zero-order chi connectivity index (χ0) is 13.6. The van der Waals surface area contributed by atoms with Gasteiger partial charge >= 0.3 is 0 Å². The molecule has 7 heteroatoms. The summed E-state index contributed by atoms with van der Waals surface area (Å²) in [6.07, 6.45) is 0.746. The highest BCUT2D eigenvalue weighted by atomic mass is 32.2. The quantitative estimate of drug-likeness (QED) is 0.644. The van der Waals surface area contributed by atoms with Crippen LogP contribution in [0.2, 0.25) is 0 Å². The molecule has 2 heterocycles. The Bertz CT molecular complexity index is 450. The van der Waals surface area contributed by atoms with E-state index in [0.717, 1.165) is 13.0 Å². The van der Waals surface area contributed by atoms with E-state index >= 15 is 0 Å². The second-order valence-electron chi connectivity index (χ2n) is 5.67. The highest BCUT2D eigenvalue weighted by molar-refractivity contribution is 7.91. The summed E-state index contributed by atoms with van der Waals surface area (Å²) in [6, 6.07) is -0.469. The van der Waals surface area contributed by atoms with Gasteiger partial charge in [-0.3, -0.25) is 9.69 Å². The Kier molecular flexibility index (Phi) is 3.42. The van der Waals surface area contributed by atoms with Crippen LogP contribution in [-0.2, 0) is 14.6 Å². The predicted molar refractivity (Wildman–Crippen MR) is 68.8 cm³/mol. The number of sulfone groups is 1. The average Bonchev–Trinajstić information content (AvgIpc) is 2.79. The molecule has 2 rings (SSSR count). The standard InChI is InChI=1S/C11H21N3O3S/c1-11(10(15)13-2)3-4-14(7-11)9-6-18(16,17)5-8(9)12/h8-9H,3-7,12H2,1-2H3,(H,13,15). The minimum atomic E-state index is -3.01. The molecule has 1 amide bonds. The number of likely N-dealkylation sites (tertiary alicyclic amines) is 1. The number of nitrogens with two attached hydrogens (primary N) is 1. The Morgan fingerprint density at radius 1 is 1.44 bits per heavy atom. The van der Waals surface area contributed by atoms with Crippen molar-refractivity contribution in [3.8, 4) is 0 Å². The lowest BCUT2D eigenvalue weighted by Gasteiger charge is -2.28. The molecule has 104 valence electrons. The third-order valence-electron chi connectivity index (χ3n) is 4.11. The second-order valence-corrected chi connectivity index (χ2v) is 7.82. The van der Waals surface area contributed by atoms with Crippen molar-refractivity contribution >= 4 is 15.7 Å². The fourth-order valence-electron chi connectivity index (χ4n) is 3.00. The first-order chi connectivity index (χ1) is 8.27. The van der Waals surface area contributed by atoms with Gasteiger partial charge in [-0.15, -0.1) is 0 Å². The monoisotopic (exact) mass is 275 g/mol. The Morgan fingerprint density at radius 2 is 2.11 bits per heavy atom. The molecule has 0 radical (unpaired) electrons. The molecule has 2 aliphatic heterocycles. The van der Waals surface area contributed by atoms with Gasteiger partial charge in [-0.05, 0) is 19.9 Å². The Labute approximate surface area is 108 Å². The van der Waals surface area contributed by atoms with Crippen molar-refractivity contribution < 1.29 is 13.2 Å². The van der Waals surface area contributed by atoms with Gasteiger partial charge in [0.25, 0.3) is 0 Å². The molecule has 0 spiro atoms. The number of amides is 1. The first-order valence-corrected chi connectivity index (χ1v) is 8.02. The third kappa shape index (κ3) is 2.39. The molecule has 0 aromatic carbocycles. The van der Waals surface area contributed by atoms with Gasteiger partial charge in [-0.2, -0.15) is 0 Å². The molecular weight excluding hydrogens is 254 g/mol. The summed E-state index contributed by atoms with van der Waals surface area (Å²) in [5.41, 5.74) is 5.48. The van der Waals surface area contributed by atoms with E-state index in [1.165, 1.54) is 0 Å². The van der Waals surface area contributed by atoms with E-state index in [-0.39, 0.29) is 29.5 Å². The van der Waals surface area contributed by atoms with Crippen LogP contribution in [0, 0.1) is 5.41 Å². The second kappa shape index (κ2) is 4.47. The van der Waals surface area contributed by atoms with Gasteiger partial charge < -0.3 is 11.1 Å². The number of hydrogen-bond acceptors (Lipinski definition) is 5. The van der Waals surface area contributed by atoms with Crippen molar-refractivity contribution in [3.05, 3.63) is 0 Å². The van der Waals surface area contributed by atoms with Crippen LogP contribution in [0.5, 0.6) is 0 Å². The molecule has 2 saturated heterocycles. The molecule has 3 N–H and O–H groups in total. The third-order valence-corrected chi connectivity index (χ3v) is 5.85. The lowest BCUT2D eigenvalue weighted by Crippen LogP contribution is -2.48. The molecule has 6 nitrogen and oxygen atoms in total. The summed E-state index contributed by atoms with van der Waals surface area (Å²) < 4.78 is 23.1. The molecule has 3 atom stereocenters. The highest BCUT2D eigenvalue weighted by Gasteiger charge is 2.46. The zero-order valence-corrected chi connectivity index (χ0v) is 11.7. The molecular formula is C11H21N3O3S. The van der Waals surface area contributed by atoms with Crippen molar-refractivity contribution in [3.63, 3.8) is 0 Å². The summed E-state index contributed by atoms with van der Waals surface area (Å²) in [4.78, 5) is 13.9. The fraction of sp³-hybridized carbons (Fsp3) is 0.909. The topological polar surface area (TPSA) is 92.5 Å².